The first-order valence-electron chi connectivity index (χ1n) is 10.5. The second-order valence-electron chi connectivity index (χ2n) is 7.51. The molecule has 1 unspecified atom stereocenters. The second kappa shape index (κ2) is 16.0. The van der Waals surface area contributed by atoms with Crippen LogP contribution in [0.3, 0.4) is 0 Å². The fraction of sp³-hybridized carbons (Fsp3) is 0.905. The molecule has 0 fully saturated rings. The number of hydrogen-bond donors (Lipinski definition) is 0. The third kappa shape index (κ3) is 12.2. The van der Waals surface area contributed by atoms with Gasteiger partial charge < -0.3 is 9.47 Å². The fourth-order valence-electron chi connectivity index (χ4n) is 2.78. The maximum atomic E-state index is 12.4. The van der Waals surface area contributed by atoms with Crippen LogP contribution in [-0.2, 0) is 14.3 Å². The molecule has 1 atom stereocenters. The number of hydrogen-bond acceptors (Lipinski definition) is 4. The van der Waals surface area contributed by atoms with Gasteiger partial charge in [-0.2, -0.15) is 0 Å². The van der Waals surface area contributed by atoms with Gasteiger partial charge in [-0.25, -0.2) is 9.59 Å². The van der Waals surface area contributed by atoms with Crippen molar-refractivity contribution in [3.63, 3.8) is 0 Å². The zero-order valence-electron chi connectivity index (χ0n) is 17.7. The number of unbranched alkanes of at least 4 members (excludes halogenated alkanes) is 7. The topological polar surface area (TPSA) is 55.8 Å². The first-order valence-corrected chi connectivity index (χ1v) is 10.5. The van der Waals surface area contributed by atoms with Crippen LogP contribution >= 0.6 is 0 Å². The van der Waals surface area contributed by atoms with Crippen LogP contribution in [0.15, 0.2) is 0 Å². The molecule has 154 valence electrons. The van der Waals surface area contributed by atoms with Gasteiger partial charge in [0.1, 0.15) is 6.04 Å². The number of esters is 1. The molecule has 0 saturated heterocycles. The van der Waals surface area contributed by atoms with Crippen LogP contribution < -0.4 is 0 Å². The van der Waals surface area contributed by atoms with Gasteiger partial charge in [-0.05, 0) is 25.2 Å². The fourth-order valence-corrected chi connectivity index (χ4v) is 2.78. The summed E-state index contributed by atoms with van der Waals surface area (Å²) in [7, 11) is 1.61. The van der Waals surface area contributed by atoms with E-state index in [1.165, 1.54) is 43.4 Å². The highest BCUT2D eigenvalue weighted by atomic mass is 16.6. The van der Waals surface area contributed by atoms with Crippen LogP contribution in [0.25, 0.3) is 0 Å². The van der Waals surface area contributed by atoms with Crippen LogP contribution in [0.5, 0.6) is 0 Å². The number of nitrogens with zero attached hydrogens (tertiary/aromatic N) is 1. The first-order chi connectivity index (χ1) is 12.4. The normalized spacial score (nSPS) is 12.1. The molecular weight excluding hydrogens is 330 g/mol. The van der Waals surface area contributed by atoms with Gasteiger partial charge in [-0.1, -0.05) is 72.6 Å². The lowest BCUT2D eigenvalue weighted by Gasteiger charge is -2.27. The summed E-state index contributed by atoms with van der Waals surface area (Å²) in [5, 5.41) is 0. The van der Waals surface area contributed by atoms with Crippen molar-refractivity contribution in [3.05, 3.63) is 0 Å². The molecule has 0 aliphatic carbocycles. The minimum absolute atomic E-state index is 0.289. The molecule has 1 amide bonds. The third-order valence-corrected chi connectivity index (χ3v) is 4.39. The molecule has 0 radical (unpaired) electrons. The van der Waals surface area contributed by atoms with Crippen LogP contribution in [0.2, 0.25) is 0 Å². The molecule has 0 aromatic heterocycles. The predicted molar refractivity (Wildman–Crippen MR) is 106 cm³/mol. The minimum atomic E-state index is -0.576. The maximum absolute atomic E-state index is 12.4. The number of carbonyl (C=O) groups is 2. The standard InChI is InChI=1S/C21H41NO4/c1-6-8-9-10-11-12-13-14-16-25-20(23)19(17-18(3)4)22(5)21(24)26-15-7-2/h18-19H,6-17H2,1-5H3. The highest BCUT2D eigenvalue weighted by molar-refractivity contribution is 5.81. The summed E-state index contributed by atoms with van der Waals surface area (Å²) in [5.74, 6) is -0.0327. The number of ether oxygens (including phenoxy) is 2. The van der Waals surface area contributed by atoms with E-state index >= 15 is 0 Å². The summed E-state index contributed by atoms with van der Waals surface area (Å²) in [6, 6.07) is -0.576. The molecule has 5 heteroatoms. The summed E-state index contributed by atoms with van der Waals surface area (Å²) in [4.78, 5) is 25.9. The van der Waals surface area contributed by atoms with E-state index in [0.29, 0.717) is 19.6 Å². The number of likely N-dealkylation sites (N-methyl/N-ethyl adjacent to an activating group) is 1. The van der Waals surface area contributed by atoms with Crippen LogP contribution in [0.1, 0.15) is 91.9 Å². The van der Waals surface area contributed by atoms with Gasteiger partial charge in [0.15, 0.2) is 0 Å². The van der Waals surface area contributed by atoms with Gasteiger partial charge in [-0.15, -0.1) is 0 Å². The summed E-state index contributed by atoms with van der Waals surface area (Å²) < 4.78 is 10.6. The highest BCUT2D eigenvalue weighted by Crippen LogP contribution is 2.14. The predicted octanol–water partition coefficient (Wildman–Crippen LogP) is 5.56. The molecule has 0 aromatic rings. The molecule has 0 spiro atoms. The lowest BCUT2D eigenvalue weighted by atomic mass is 10.0. The summed E-state index contributed by atoms with van der Waals surface area (Å²) in [6.45, 7) is 9.03. The highest BCUT2D eigenvalue weighted by Gasteiger charge is 2.29. The van der Waals surface area contributed by atoms with Gasteiger partial charge in [0.2, 0.25) is 0 Å². The Labute approximate surface area is 160 Å². The average molecular weight is 372 g/mol. The van der Waals surface area contributed by atoms with Crippen LogP contribution in [0, 0.1) is 5.92 Å². The molecule has 5 nitrogen and oxygen atoms in total. The molecule has 0 heterocycles. The Bertz CT molecular complexity index is 371. The summed E-state index contributed by atoms with van der Waals surface area (Å²) in [6.07, 6.45) is 10.5. The van der Waals surface area contributed by atoms with Crippen molar-refractivity contribution in [1.29, 1.82) is 0 Å². The quantitative estimate of drug-likeness (QED) is 0.279. The average Bonchev–Trinajstić information content (AvgIpc) is 2.61. The SMILES string of the molecule is CCCCCCCCCCOC(=O)C(CC(C)C)N(C)C(=O)OCCC. The van der Waals surface area contributed by atoms with E-state index in [4.69, 9.17) is 9.47 Å². The molecular formula is C21H41NO4. The van der Waals surface area contributed by atoms with Gasteiger partial charge in [-0.3, -0.25) is 4.90 Å². The van der Waals surface area contributed by atoms with E-state index in [-0.39, 0.29) is 11.9 Å². The lowest BCUT2D eigenvalue weighted by Crippen LogP contribution is -2.44. The van der Waals surface area contributed by atoms with Crippen molar-refractivity contribution in [2.24, 2.45) is 5.92 Å². The smallest absolute Gasteiger partial charge is 0.410 e. The van der Waals surface area contributed by atoms with Crippen molar-refractivity contribution in [1.82, 2.24) is 4.90 Å². The molecule has 0 bridgehead atoms. The van der Waals surface area contributed by atoms with Crippen molar-refractivity contribution in [3.8, 4) is 0 Å². The van der Waals surface area contributed by atoms with E-state index < -0.39 is 12.1 Å². The number of carbonyl (C=O) groups excluding carboxylic acids is 2. The van der Waals surface area contributed by atoms with E-state index in [1.807, 2.05) is 20.8 Å². The second-order valence-corrected chi connectivity index (χ2v) is 7.51. The summed E-state index contributed by atoms with van der Waals surface area (Å²) >= 11 is 0. The minimum Gasteiger partial charge on any atom is -0.464 e. The largest absolute Gasteiger partial charge is 0.464 e. The van der Waals surface area contributed by atoms with Crippen molar-refractivity contribution >= 4 is 12.1 Å². The van der Waals surface area contributed by atoms with Gasteiger partial charge >= 0.3 is 12.1 Å². The molecule has 0 aliphatic rings. The van der Waals surface area contributed by atoms with E-state index in [0.717, 1.165) is 19.3 Å². The zero-order chi connectivity index (χ0) is 19.8. The first kappa shape index (κ1) is 24.7. The monoisotopic (exact) mass is 371 g/mol. The van der Waals surface area contributed by atoms with Gasteiger partial charge in [0.25, 0.3) is 0 Å². The Morgan fingerprint density at radius 2 is 1.38 bits per heavy atom. The number of amides is 1. The Kier molecular flexibility index (Phi) is 15.2. The Balaban J connectivity index is 4.17. The molecule has 0 rings (SSSR count). The molecule has 0 saturated carbocycles. The van der Waals surface area contributed by atoms with Gasteiger partial charge in [0, 0.05) is 7.05 Å². The molecule has 26 heavy (non-hydrogen) atoms. The Hall–Kier alpha value is -1.26. The third-order valence-electron chi connectivity index (χ3n) is 4.39. The molecule has 0 aromatic carbocycles. The number of rotatable bonds is 15. The van der Waals surface area contributed by atoms with E-state index in [9.17, 15) is 9.59 Å². The van der Waals surface area contributed by atoms with Crippen LogP contribution in [-0.4, -0.2) is 43.3 Å². The van der Waals surface area contributed by atoms with E-state index in [2.05, 4.69) is 6.92 Å². The summed E-state index contributed by atoms with van der Waals surface area (Å²) in [5.41, 5.74) is 0. The van der Waals surface area contributed by atoms with Crippen molar-refractivity contribution < 1.29 is 19.1 Å². The van der Waals surface area contributed by atoms with Crippen molar-refractivity contribution in [2.45, 2.75) is 97.9 Å². The lowest BCUT2D eigenvalue weighted by molar-refractivity contribution is -0.149. The maximum Gasteiger partial charge on any atom is 0.410 e. The Morgan fingerprint density at radius 3 is 1.92 bits per heavy atom. The van der Waals surface area contributed by atoms with Crippen LogP contribution in [0.4, 0.5) is 4.79 Å². The Morgan fingerprint density at radius 1 is 0.808 bits per heavy atom. The molecule has 0 aliphatic heterocycles. The zero-order valence-corrected chi connectivity index (χ0v) is 17.7. The van der Waals surface area contributed by atoms with E-state index in [1.54, 1.807) is 7.05 Å². The van der Waals surface area contributed by atoms with Crippen molar-refractivity contribution in [2.75, 3.05) is 20.3 Å². The molecule has 0 N–H and O–H groups in total. The van der Waals surface area contributed by atoms with Gasteiger partial charge in [0.05, 0.1) is 13.2 Å².